The second-order valence-electron chi connectivity index (χ2n) is 8.25. The van der Waals surface area contributed by atoms with Crippen molar-refractivity contribution in [3.8, 4) is 22.5 Å². The van der Waals surface area contributed by atoms with E-state index in [2.05, 4.69) is 60.1 Å². The van der Waals surface area contributed by atoms with Gasteiger partial charge in [-0.25, -0.2) is 9.37 Å². The zero-order chi connectivity index (χ0) is 23.9. The molecule has 0 radical (unpaired) electrons. The minimum Gasteiger partial charge on any atom is -0.352 e. The van der Waals surface area contributed by atoms with Crippen molar-refractivity contribution in [2.45, 2.75) is 31.5 Å². The van der Waals surface area contributed by atoms with Gasteiger partial charge in [0.25, 0.3) is 5.91 Å². The highest BCUT2D eigenvalue weighted by atomic mass is 32.2. The van der Waals surface area contributed by atoms with Crippen molar-refractivity contribution in [3.63, 3.8) is 0 Å². The van der Waals surface area contributed by atoms with Crippen LogP contribution in [-0.2, 0) is 0 Å². The molecule has 0 bridgehead atoms. The maximum absolute atomic E-state index is 13.1. The number of imidazole rings is 1. The van der Waals surface area contributed by atoms with Crippen LogP contribution in [0.3, 0.4) is 0 Å². The number of thioether (sulfide) groups is 1. The molecule has 0 spiro atoms. The highest BCUT2D eigenvalue weighted by Crippen LogP contribution is 2.38. The summed E-state index contributed by atoms with van der Waals surface area (Å²) in [4.78, 5) is 17.3. The Bertz CT molecular complexity index is 1220. The van der Waals surface area contributed by atoms with Crippen molar-refractivity contribution in [2.75, 3.05) is 12.3 Å². The largest absolute Gasteiger partial charge is 0.352 e. The Hall–Kier alpha value is -3.38. The van der Waals surface area contributed by atoms with E-state index in [1.807, 2.05) is 24.3 Å². The van der Waals surface area contributed by atoms with Gasteiger partial charge in [0.2, 0.25) is 0 Å². The molecule has 1 heterocycles. The number of rotatable bonds is 9. The standard InChI is InChI=1S/C28H28FN3OS/c1-20(2)32-26(22-12-7-4-8-13-22)25(21-10-5-3-6-11-21)31-28(32)34-19-9-18-30-27(33)23-14-16-24(29)17-15-23/h3-8,10-17,20H,9,18-19H2,1-2H3,(H,30,33). The molecule has 1 amide bonds. The maximum Gasteiger partial charge on any atom is 0.251 e. The first-order valence-corrected chi connectivity index (χ1v) is 12.4. The normalized spacial score (nSPS) is 11.1. The monoisotopic (exact) mass is 473 g/mol. The average Bonchev–Trinajstić information content (AvgIpc) is 3.25. The summed E-state index contributed by atoms with van der Waals surface area (Å²) in [7, 11) is 0. The molecule has 0 unspecified atom stereocenters. The van der Waals surface area contributed by atoms with Gasteiger partial charge in [-0.3, -0.25) is 4.79 Å². The fourth-order valence-corrected chi connectivity index (χ4v) is 4.87. The van der Waals surface area contributed by atoms with Gasteiger partial charge in [0.15, 0.2) is 5.16 Å². The molecular formula is C28H28FN3OS. The summed E-state index contributed by atoms with van der Waals surface area (Å²) in [5.41, 5.74) is 4.79. The van der Waals surface area contributed by atoms with Crippen LogP contribution in [0.1, 0.15) is 36.7 Å². The minimum absolute atomic E-state index is 0.189. The second-order valence-corrected chi connectivity index (χ2v) is 9.31. The van der Waals surface area contributed by atoms with Crippen molar-refractivity contribution in [1.29, 1.82) is 0 Å². The van der Waals surface area contributed by atoms with Crippen LogP contribution in [0.25, 0.3) is 22.5 Å². The van der Waals surface area contributed by atoms with Crippen molar-refractivity contribution >= 4 is 17.7 Å². The Morgan fingerprint density at radius 2 is 1.56 bits per heavy atom. The maximum atomic E-state index is 13.1. The van der Waals surface area contributed by atoms with E-state index in [1.165, 1.54) is 24.3 Å². The number of nitrogens with one attached hydrogen (secondary N) is 1. The van der Waals surface area contributed by atoms with E-state index >= 15 is 0 Å². The lowest BCUT2D eigenvalue weighted by Crippen LogP contribution is -2.24. The van der Waals surface area contributed by atoms with E-state index < -0.39 is 0 Å². The van der Waals surface area contributed by atoms with Crippen molar-refractivity contribution in [3.05, 3.63) is 96.3 Å². The summed E-state index contributed by atoms with van der Waals surface area (Å²) in [6.45, 7) is 4.90. The molecule has 174 valence electrons. The summed E-state index contributed by atoms with van der Waals surface area (Å²) in [6, 6.07) is 26.5. The Morgan fingerprint density at radius 3 is 2.18 bits per heavy atom. The molecule has 0 saturated carbocycles. The molecule has 4 rings (SSSR count). The van der Waals surface area contributed by atoms with E-state index in [0.29, 0.717) is 12.1 Å². The van der Waals surface area contributed by atoms with Crippen LogP contribution in [0.4, 0.5) is 4.39 Å². The number of hydrogen-bond donors (Lipinski definition) is 1. The number of carbonyl (C=O) groups excluding carboxylic acids is 1. The first-order valence-electron chi connectivity index (χ1n) is 11.4. The summed E-state index contributed by atoms with van der Waals surface area (Å²) in [5.74, 6) is 0.278. The second kappa shape index (κ2) is 11.2. The van der Waals surface area contributed by atoms with E-state index in [-0.39, 0.29) is 17.8 Å². The fraction of sp³-hybridized carbons (Fsp3) is 0.214. The molecule has 1 N–H and O–H groups in total. The van der Waals surface area contributed by atoms with E-state index in [0.717, 1.165) is 39.8 Å². The molecule has 34 heavy (non-hydrogen) atoms. The molecule has 6 heteroatoms. The van der Waals surface area contributed by atoms with Crippen LogP contribution < -0.4 is 5.32 Å². The summed E-state index contributed by atoms with van der Waals surface area (Å²) in [5, 5.41) is 3.88. The topological polar surface area (TPSA) is 46.9 Å². The number of aromatic nitrogens is 2. The molecule has 0 atom stereocenters. The minimum atomic E-state index is -0.349. The van der Waals surface area contributed by atoms with Crippen LogP contribution >= 0.6 is 11.8 Å². The third kappa shape index (κ3) is 5.57. The number of benzene rings is 3. The lowest BCUT2D eigenvalue weighted by molar-refractivity contribution is 0.0953. The molecule has 0 aliphatic rings. The van der Waals surface area contributed by atoms with Crippen LogP contribution in [0.5, 0.6) is 0 Å². The molecule has 0 saturated heterocycles. The number of carbonyl (C=O) groups is 1. The van der Waals surface area contributed by atoms with Crippen LogP contribution in [0, 0.1) is 5.82 Å². The summed E-state index contributed by atoms with van der Waals surface area (Å²) >= 11 is 1.70. The van der Waals surface area contributed by atoms with Gasteiger partial charge in [0.1, 0.15) is 5.82 Å². The number of halogens is 1. The van der Waals surface area contributed by atoms with Gasteiger partial charge in [0, 0.05) is 35.0 Å². The van der Waals surface area contributed by atoms with Gasteiger partial charge in [0.05, 0.1) is 11.4 Å². The highest BCUT2D eigenvalue weighted by Gasteiger charge is 2.21. The van der Waals surface area contributed by atoms with Crippen LogP contribution in [0.2, 0.25) is 0 Å². The number of amides is 1. The Kier molecular flexibility index (Phi) is 7.80. The number of nitrogens with zero attached hydrogens (tertiary/aromatic N) is 2. The molecular weight excluding hydrogens is 445 g/mol. The first-order chi connectivity index (χ1) is 16.5. The first kappa shape index (κ1) is 23.8. The average molecular weight is 474 g/mol. The summed E-state index contributed by atoms with van der Waals surface area (Å²) in [6.07, 6.45) is 0.796. The molecule has 3 aromatic carbocycles. The van der Waals surface area contributed by atoms with Crippen LogP contribution in [-0.4, -0.2) is 27.8 Å². The zero-order valence-corrected chi connectivity index (χ0v) is 20.2. The van der Waals surface area contributed by atoms with E-state index in [4.69, 9.17) is 4.98 Å². The predicted octanol–water partition coefficient (Wildman–Crippen LogP) is 6.85. The zero-order valence-electron chi connectivity index (χ0n) is 19.4. The molecule has 4 aromatic rings. The molecule has 0 aliphatic heterocycles. The van der Waals surface area contributed by atoms with Gasteiger partial charge in [-0.05, 0) is 44.5 Å². The van der Waals surface area contributed by atoms with Gasteiger partial charge >= 0.3 is 0 Å². The molecule has 1 aromatic heterocycles. The van der Waals surface area contributed by atoms with Crippen molar-refractivity contribution in [1.82, 2.24) is 14.9 Å². The summed E-state index contributed by atoms with van der Waals surface area (Å²) < 4.78 is 15.4. The Balaban J connectivity index is 1.50. The smallest absolute Gasteiger partial charge is 0.251 e. The SMILES string of the molecule is CC(C)n1c(SCCCNC(=O)c2ccc(F)cc2)nc(-c2ccccc2)c1-c1ccccc1. The molecule has 0 aliphatic carbocycles. The van der Waals surface area contributed by atoms with E-state index in [1.54, 1.807) is 11.8 Å². The van der Waals surface area contributed by atoms with Gasteiger partial charge < -0.3 is 9.88 Å². The van der Waals surface area contributed by atoms with Gasteiger partial charge in [-0.2, -0.15) is 0 Å². The van der Waals surface area contributed by atoms with Gasteiger partial charge in [-0.15, -0.1) is 0 Å². The lowest BCUT2D eigenvalue weighted by atomic mass is 10.0. The highest BCUT2D eigenvalue weighted by molar-refractivity contribution is 7.99. The molecule has 4 nitrogen and oxygen atoms in total. The lowest BCUT2D eigenvalue weighted by Gasteiger charge is -2.16. The van der Waals surface area contributed by atoms with Crippen LogP contribution in [0.15, 0.2) is 90.1 Å². The third-order valence-corrected chi connectivity index (χ3v) is 6.47. The van der Waals surface area contributed by atoms with Crippen molar-refractivity contribution in [2.24, 2.45) is 0 Å². The fourth-order valence-electron chi connectivity index (χ4n) is 3.80. The predicted molar refractivity (Wildman–Crippen MR) is 138 cm³/mol. The molecule has 0 fully saturated rings. The Morgan fingerprint density at radius 1 is 0.941 bits per heavy atom. The van der Waals surface area contributed by atoms with Gasteiger partial charge in [-0.1, -0.05) is 72.4 Å². The van der Waals surface area contributed by atoms with E-state index in [9.17, 15) is 9.18 Å². The Labute approximate surface area is 204 Å². The third-order valence-electron chi connectivity index (χ3n) is 5.43. The quantitative estimate of drug-likeness (QED) is 0.214. The number of hydrogen-bond acceptors (Lipinski definition) is 3. The van der Waals surface area contributed by atoms with Crippen molar-refractivity contribution < 1.29 is 9.18 Å².